The van der Waals surface area contributed by atoms with Gasteiger partial charge in [-0.25, -0.2) is 12.8 Å². The van der Waals surface area contributed by atoms with Crippen molar-refractivity contribution >= 4 is 39.1 Å². The molecule has 0 fully saturated rings. The van der Waals surface area contributed by atoms with E-state index in [1.807, 2.05) is 13.8 Å². The fourth-order valence-electron chi connectivity index (χ4n) is 4.03. The molecule has 0 spiro atoms. The standard InChI is InChI=1S/C30H35ClFN3O5S/c1-5-40-28-13-9-8-12-27(28)35(41(38,39)25-16-14-24(31)15-17-25)20-29(36)34(19-23-10-6-7-11-26(23)32)22(4)30(37)33-18-21(2)3/h6-17,21-22H,5,18-20H2,1-4H3,(H,33,37)/t22-/m0/s1. The van der Waals surface area contributed by atoms with Crippen LogP contribution in [-0.2, 0) is 26.2 Å². The number of hydrogen-bond acceptors (Lipinski definition) is 5. The van der Waals surface area contributed by atoms with Crippen molar-refractivity contribution in [1.29, 1.82) is 0 Å². The van der Waals surface area contributed by atoms with Crippen LogP contribution in [0.4, 0.5) is 10.1 Å². The third-order valence-corrected chi connectivity index (χ3v) is 8.29. The molecule has 0 saturated carbocycles. The summed E-state index contributed by atoms with van der Waals surface area (Å²) in [6.07, 6.45) is 0. The highest BCUT2D eigenvalue weighted by Gasteiger charge is 2.34. The molecule has 8 nitrogen and oxygen atoms in total. The van der Waals surface area contributed by atoms with Crippen LogP contribution in [-0.4, -0.2) is 50.9 Å². The average molecular weight is 604 g/mol. The van der Waals surface area contributed by atoms with Crippen LogP contribution in [0.25, 0.3) is 0 Å². The molecule has 0 aromatic heterocycles. The van der Waals surface area contributed by atoms with Crippen molar-refractivity contribution in [2.45, 2.75) is 45.2 Å². The Morgan fingerprint density at radius 1 is 0.976 bits per heavy atom. The Balaban J connectivity index is 2.07. The van der Waals surface area contributed by atoms with Gasteiger partial charge in [-0.3, -0.25) is 13.9 Å². The Labute approximate surface area is 246 Å². The molecular weight excluding hydrogens is 569 g/mol. The van der Waals surface area contributed by atoms with E-state index < -0.39 is 40.2 Å². The van der Waals surface area contributed by atoms with Crippen molar-refractivity contribution in [3.05, 3.63) is 89.2 Å². The first-order chi connectivity index (χ1) is 19.4. The topological polar surface area (TPSA) is 96.0 Å². The Bertz CT molecular complexity index is 1450. The van der Waals surface area contributed by atoms with Crippen molar-refractivity contribution in [3.8, 4) is 5.75 Å². The lowest BCUT2D eigenvalue weighted by Gasteiger charge is -2.32. The van der Waals surface area contributed by atoms with Crippen LogP contribution in [0.15, 0.2) is 77.7 Å². The van der Waals surface area contributed by atoms with Crippen molar-refractivity contribution in [3.63, 3.8) is 0 Å². The first kappa shape index (κ1) is 31.9. The molecule has 3 aromatic carbocycles. The zero-order valence-corrected chi connectivity index (χ0v) is 25.1. The Hall–Kier alpha value is -3.63. The van der Waals surface area contributed by atoms with Gasteiger partial charge in [0, 0.05) is 23.7 Å². The van der Waals surface area contributed by atoms with E-state index in [1.54, 1.807) is 31.2 Å². The molecule has 2 amide bonds. The molecule has 0 bridgehead atoms. The normalized spacial score (nSPS) is 12.1. The van der Waals surface area contributed by atoms with Crippen LogP contribution < -0.4 is 14.4 Å². The molecule has 0 aliphatic heterocycles. The van der Waals surface area contributed by atoms with Gasteiger partial charge in [0.05, 0.1) is 17.2 Å². The molecule has 1 atom stereocenters. The number of hydrogen-bond donors (Lipinski definition) is 1. The number of para-hydroxylation sites is 2. The van der Waals surface area contributed by atoms with Gasteiger partial charge in [-0.15, -0.1) is 0 Å². The Morgan fingerprint density at radius 2 is 1.61 bits per heavy atom. The van der Waals surface area contributed by atoms with Crippen molar-refractivity contribution in [2.24, 2.45) is 5.92 Å². The summed E-state index contributed by atoms with van der Waals surface area (Å²) in [5.74, 6) is -1.28. The molecular formula is C30H35ClFN3O5S. The van der Waals surface area contributed by atoms with Gasteiger partial charge in [0.15, 0.2) is 0 Å². The number of amides is 2. The molecule has 11 heteroatoms. The van der Waals surface area contributed by atoms with Gasteiger partial charge in [-0.1, -0.05) is 55.8 Å². The average Bonchev–Trinajstić information content (AvgIpc) is 2.94. The van der Waals surface area contributed by atoms with E-state index in [9.17, 15) is 22.4 Å². The predicted octanol–water partition coefficient (Wildman–Crippen LogP) is 5.26. The molecule has 0 saturated heterocycles. The molecule has 0 heterocycles. The minimum absolute atomic E-state index is 0.0932. The largest absolute Gasteiger partial charge is 0.492 e. The maximum Gasteiger partial charge on any atom is 0.264 e. The molecule has 3 rings (SSSR count). The summed E-state index contributed by atoms with van der Waals surface area (Å²) in [6, 6.07) is 16.9. The number of carbonyl (C=O) groups is 2. The van der Waals surface area contributed by atoms with E-state index in [4.69, 9.17) is 16.3 Å². The van der Waals surface area contributed by atoms with E-state index in [1.165, 1.54) is 60.4 Å². The lowest BCUT2D eigenvalue weighted by molar-refractivity contribution is -0.139. The number of nitrogens with zero attached hydrogens (tertiary/aromatic N) is 2. The monoisotopic (exact) mass is 603 g/mol. The first-order valence-corrected chi connectivity index (χ1v) is 15.1. The number of rotatable bonds is 13. The Morgan fingerprint density at radius 3 is 2.24 bits per heavy atom. The SMILES string of the molecule is CCOc1ccccc1N(CC(=O)N(Cc1ccccc1F)[C@@H](C)C(=O)NCC(C)C)S(=O)(=O)c1ccc(Cl)cc1. The second kappa shape index (κ2) is 14.3. The first-order valence-electron chi connectivity index (χ1n) is 13.3. The number of ether oxygens (including phenoxy) is 1. The maximum atomic E-state index is 14.7. The minimum Gasteiger partial charge on any atom is -0.492 e. The van der Waals surface area contributed by atoms with E-state index in [0.29, 0.717) is 11.6 Å². The molecule has 0 aliphatic rings. The third-order valence-electron chi connectivity index (χ3n) is 6.26. The minimum atomic E-state index is -4.32. The number of benzene rings is 3. The summed E-state index contributed by atoms with van der Waals surface area (Å²) < 4.78 is 49.2. The number of nitrogens with one attached hydrogen (secondary N) is 1. The van der Waals surface area contributed by atoms with Crippen LogP contribution in [0.2, 0.25) is 5.02 Å². The molecule has 0 unspecified atom stereocenters. The van der Waals surface area contributed by atoms with E-state index in [0.717, 1.165) is 4.31 Å². The summed E-state index contributed by atoms with van der Waals surface area (Å²) in [5, 5.41) is 3.14. The zero-order valence-electron chi connectivity index (χ0n) is 23.5. The molecule has 0 aliphatic carbocycles. The van der Waals surface area contributed by atoms with E-state index in [-0.39, 0.29) is 41.0 Å². The van der Waals surface area contributed by atoms with Crippen molar-refractivity contribution < 1.29 is 27.1 Å². The molecule has 220 valence electrons. The van der Waals surface area contributed by atoms with Crippen molar-refractivity contribution in [1.82, 2.24) is 10.2 Å². The second-order valence-electron chi connectivity index (χ2n) is 9.79. The highest BCUT2D eigenvalue weighted by molar-refractivity contribution is 7.92. The summed E-state index contributed by atoms with van der Waals surface area (Å²) in [4.78, 5) is 28.1. The highest BCUT2D eigenvalue weighted by Crippen LogP contribution is 2.33. The fraction of sp³-hybridized carbons (Fsp3) is 0.333. The van der Waals surface area contributed by atoms with Crippen LogP contribution in [0, 0.1) is 11.7 Å². The van der Waals surface area contributed by atoms with Gasteiger partial charge in [-0.05, 0) is 62.2 Å². The smallest absolute Gasteiger partial charge is 0.264 e. The third kappa shape index (κ3) is 8.20. The van der Waals surface area contributed by atoms with Gasteiger partial charge in [0.2, 0.25) is 11.8 Å². The highest BCUT2D eigenvalue weighted by atomic mass is 35.5. The number of anilines is 1. The number of halogens is 2. The molecule has 41 heavy (non-hydrogen) atoms. The zero-order chi connectivity index (χ0) is 30.2. The maximum absolute atomic E-state index is 14.7. The van der Waals surface area contributed by atoms with E-state index >= 15 is 0 Å². The van der Waals surface area contributed by atoms with Gasteiger partial charge in [0.1, 0.15) is 24.2 Å². The van der Waals surface area contributed by atoms with Crippen LogP contribution in [0.3, 0.4) is 0 Å². The van der Waals surface area contributed by atoms with Gasteiger partial charge in [0.25, 0.3) is 10.0 Å². The molecule has 1 N–H and O–H groups in total. The van der Waals surface area contributed by atoms with E-state index in [2.05, 4.69) is 5.32 Å². The van der Waals surface area contributed by atoms with Gasteiger partial charge < -0.3 is 15.0 Å². The van der Waals surface area contributed by atoms with Crippen LogP contribution in [0.5, 0.6) is 5.75 Å². The quantitative estimate of drug-likeness (QED) is 0.287. The summed E-state index contributed by atoms with van der Waals surface area (Å²) >= 11 is 5.99. The molecule has 0 radical (unpaired) electrons. The van der Waals surface area contributed by atoms with Crippen LogP contribution in [0.1, 0.15) is 33.3 Å². The lowest BCUT2D eigenvalue weighted by atomic mass is 10.1. The van der Waals surface area contributed by atoms with Gasteiger partial charge >= 0.3 is 0 Å². The van der Waals surface area contributed by atoms with Gasteiger partial charge in [-0.2, -0.15) is 0 Å². The summed E-state index contributed by atoms with van der Waals surface area (Å²) in [5.41, 5.74) is 0.326. The fourth-order valence-corrected chi connectivity index (χ4v) is 5.58. The summed E-state index contributed by atoms with van der Waals surface area (Å²) in [6.45, 7) is 6.87. The number of sulfonamides is 1. The Kier molecular flexibility index (Phi) is 11.1. The van der Waals surface area contributed by atoms with Crippen molar-refractivity contribution in [2.75, 3.05) is 24.0 Å². The van der Waals surface area contributed by atoms with Crippen LogP contribution >= 0.6 is 11.6 Å². The predicted molar refractivity (Wildman–Crippen MR) is 158 cm³/mol. The summed E-state index contributed by atoms with van der Waals surface area (Å²) in [7, 11) is -4.32. The molecule has 3 aromatic rings. The number of carbonyl (C=O) groups excluding carboxylic acids is 2. The second-order valence-corrected chi connectivity index (χ2v) is 12.1. The lowest BCUT2D eigenvalue weighted by Crippen LogP contribution is -2.51.